The summed E-state index contributed by atoms with van der Waals surface area (Å²) < 4.78 is 9.55. The quantitative estimate of drug-likeness (QED) is 0.822. The smallest absolute Gasteiger partial charge is 0.330 e. The van der Waals surface area contributed by atoms with E-state index in [2.05, 4.69) is 14.7 Å². The summed E-state index contributed by atoms with van der Waals surface area (Å²) >= 11 is 1.39. The molecule has 1 saturated heterocycles. The average molecular weight is 282 g/mol. The molecule has 1 atom stereocenters. The minimum Gasteiger partial charge on any atom is -0.464 e. The van der Waals surface area contributed by atoms with Crippen molar-refractivity contribution in [1.29, 1.82) is 0 Å². The molecule has 1 aromatic rings. The van der Waals surface area contributed by atoms with Gasteiger partial charge in [0.05, 0.1) is 6.61 Å². The molecule has 19 heavy (non-hydrogen) atoms. The lowest BCUT2D eigenvalue weighted by Crippen LogP contribution is -2.55. The van der Waals surface area contributed by atoms with E-state index in [0.29, 0.717) is 19.1 Å². The van der Waals surface area contributed by atoms with Gasteiger partial charge in [-0.1, -0.05) is 0 Å². The van der Waals surface area contributed by atoms with Crippen LogP contribution in [0.1, 0.15) is 31.5 Å². The molecule has 3 rings (SSSR count). The largest absolute Gasteiger partial charge is 0.464 e. The Bertz CT molecular complexity index is 460. The topological polar surface area (TPSA) is 67.3 Å². The molecule has 0 bridgehead atoms. The maximum atomic E-state index is 12.0. The van der Waals surface area contributed by atoms with E-state index >= 15 is 0 Å². The van der Waals surface area contributed by atoms with Gasteiger partial charge >= 0.3 is 5.97 Å². The van der Waals surface area contributed by atoms with Crippen molar-refractivity contribution in [2.45, 2.75) is 31.7 Å². The van der Waals surface area contributed by atoms with Crippen LogP contribution in [-0.2, 0) is 9.53 Å². The number of ether oxygens (including phenoxy) is 1. The molecule has 0 amide bonds. The van der Waals surface area contributed by atoms with Crippen molar-refractivity contribution in [1.82, 2.24) is 14.7 Å². The molecule has 0 spiro atoms. The van der Waals surface area contributed by atoms with Gasteiger partial charge in [0.15, 0.2) is 0 Å². The van der Waals surface area contributed by atoms with Crippen LogP contribution in [0.25, 0.3) is 0 Å². The summed E-state index contributed by atoms with van der Waals surface area (Å²) in [5, 5.41) is 4.08. The zero-order valence-electron chi connectivity index (χ0n) is 11.0. The monoisotopic (exact) mass is 282 g/mol. The van der Waals surface area contributed by atoms with Gasteiger partial charge in [0.25, 0.3) is 0 Å². The van der Waals surface area contributed by atoms with E-state index in [4.69, 9.17) is 4.74 Å². The Morgan fingerprint density at radius 3 is 3.16 bits per heavy atom. The predicted octanol–water partition coefficient (Wildman–Crippen LogP) is 0.757. The molecular formula is C12H18N4O2S. The second-order valence-corrected chi connectivity index (χ2v) is 5.61. The van der Waals surface area contributed by atoms with Gasteiger partial charge in [-0.3, -0.25) is 0 Å². The molecule has 1 N–H and O–H groups in total. The van der Waals surface area contributed by atoms with Gasteiger partial charge in [-0.15, -0.1) is 0 Å². The molecule has 2 fully saturated rings. The van der Waals surface area contributed by atoms with Crippen LogP contribution < -0.4 is 10.2 Å². The van der Waals surface area contributed by atoms with Crippen LogP contribution in [0.2, 0.25) is 0 Å². The van der Waals surface area contributed by atoms with Crippen LogP contribution in [0, 0.1) is 0 Å². The fraction of sp³-hybridized carbons (Fsp3) is 0.750. The molecule has 1 unspecified atom stereocenters. The zero-order valence-corrected chi connectivity index (χ0v) is 11.8. The van der Waals surface area contributed by atoms with Crippen molar-refractivity contribution in [3.63, 3.8) is 0 Å². The second-order valence-electron chi connectivity index (χ2n) is 4.87. The van der Waals surface area contributed by atoms with Crippen molar-refractivity contribution >= 4 is 22.6 Å². The zero-order chi connectivity index (χ0) is 13.2. The third-order valence-corrected chi connectivity index (χ3v) is 4.19. The summed E-state index contributed by atoms with van der Waals surface area (Å²) in [5.41, 5.74) is 0. The summed E-state index contributed by atoms with van der Waals surface area (Å²) in [6, 6.07) is -0.284. The number of aromatic nitrogens is 2. The molecule has 7 heteroatoms. The number of hydrogen-bond donors (Lipinski definition) is 1. The number of carbonyl (C=O) groups excluding carboxylic acids is 1. The Morgan fingerprint density at radius 1 is 1.58 bits per heavy atom. The maximum absolute atomic E-state index is 12.0. The highest BCUT2D eigenvalue weighted by Gasteiger charge is 2.34. The highest BCUT2D eigenvalue weighted by atomic mass is 32.1. The van der Waals surface area contributed by atoms with E-state index in [1.807, 2.05) is 11.8 Å². The minimum atomic E-state index is -0.284. The molecule has 1 saturated carbocycles. The second kappa shape index (κ2) is 5.42. The number of piperazine rings is 1. The van der Waals surface area contributed by atoms with Crippen molar-refractivity contribution in [2.24, 2.45) is 0 Å². The van der Waals surface area contributed by atoms with Crippen LogP contribution in [0.15, 0.2) is 0 Å². The third kappa shape index (κ3) is 2.71. The van der Waals surface area contributed by atoms with Crippen LogP contribution >= 0.6 is 11.5 Å². The fourth-order valence-electron chi connectivity index (χ4n) is 2.23. The average Bonchev–Trinajstić information content (AvgIpc) is 3.17. The Kier molecular flexibility index (Phi) is 3.65. The van der Waals surface area contributed by atoms with Gasteiger partial charge in [-0.05, 0) is 19.8 Å². The molecule has 0 aromatic carbocycles. The van der Waals surface area contributed by atoms with E-state index in [1.165, 1.54) is 24.4 Å². The highest BCUT2D eigenvalue weighted by molar-refractivity contribution is 7.09. The van der Waals surface area contributed by atoms with Crippen LogP contribution in [0.4, 0.5) is 5.13 Å². The third-order valence-electron chi connectivity index (χ3n) is 3.42. The van der Waals surface area contributed by atoms with Gasteiger partial charge in [-0.2, -0.15) is 4.37 Å². The summed E-state index contributed by atoms with van der Waals surface area (Å²) in [6.07, 6.45) is 2.39. The van der Waals surface area contributed by atoms with E-state index in [-0.39, 0.29) is 12.0 Å². The first-order chi connectivity index (χ1) is 9.29. The van der Waals surface area contributed by atoms with Gasteiger partial charge < -0.3 is 15.0 Å². The van der Waals surface area contributed by atoms with Gasteiger partial charge in [0.1, 0.15) is 11.9 Å². The number of carbonyl (C=O) groups is 1. The van der Waals surface area contributed by atoms with Gasteiger partial charge in [-0.25, -0.2) is 9.78 Å². The molecule has 2 aliphatic rings. The van der Waals surface area contributed by atoms with Crippen molar-refractivity contribution in [3.05, 3.63) is 5.82 Å². The SMILES string of the molecule is CCOC(=O)C1CNCCN1c1nc(C2CC2)ns1. The number of nitrogens with zero attached hydrogens (tertiary/aromatic N) is 3. The molecule has 6 nitrogen and oxygen atoms in total. The first-order valence-corrected chi connectivity index (χ1v) is 7.54. The number of anilines is 1. The van der Waals surface area contributed by atoms with Crippen molar-refractivity contribution in [3.8, 4) is 0 Å². The summed E-state index contributed by atoms with van der Waals surface area (Å²) in [7, 11) is 0. The summed E-state index contributed by atoms with van der Waals surface area (Å²) in [4.78, 5) is 18.6. The number of hydrogen-bond acceptors (Lipinski definition) is 7. The first-order valence-electron chi connectivity index (χ1n) is 6.77. The summed E-state index contributed by atoms with van der Waals surface area (Å²) in [5.74, 6) is 1.31. The Hall–Kier alpha value is -1.21. The molecule has 2 heterocycles. The maximum Gasteiger partial charge on any atom is 0.330 e. The number of nitrogens with one attached hydrogen (secondary N) is 1. The van der Waals surface area contributed by atoms with Crippen molar-refractivity contribution in [2.75, 3.05) is 31.1 Å². The van der Waals surface area contributed by atoms with E-state index in [0.717, 1.165) is 24.0 Å². The lowest BCUT2D eigenvalue weighted by Gasteiger charge is -2.33. The predicted molar refractivity (Wildman–Crippen MR) is 72.5 cm³/mol. The number of esters is 1. The summed E-state index contributed by atoms with van der Waals surface area (Å²) in [6.45, 7) is 4.47. The molecule has 1 aromatic heterocycles. The van der Waals surface area contributed by atoms with E-state index in [1.54, 1.807) is 0 Å². The fourth-order valence-corrected chi connectivity index (χ4v) is 3.06. The van der Waals surface area contributed by atoms with Crippen molar-refractivity contribution < 1.29 is 9.53 Å². The molecular weight excluding hydrogens is 264 g/mol. The lowest BCUT2D eigenvalue weighted by molar-refractivity contribution is -0.144. The Labute approximate surface area is 116 Å². The minimum absolute atomic E-state index is 0.183. The normalized spacial score (nSPS) is 23.4. The first kappa shape index (κ1) is 12.8. The van der Waals surface area contributed by atoms with Crippen LogP contribution in [0.5, 0.6) is 0 Å². The van der Waals surface area contributed by atoms with Gasteiger partial charge in [0.2, 0.25) is 5.13 Å². The van der Waals surface area contributed by atoms with E-state index < -0.39 is 0 Å². The molecule has 1 aliphatic heterocycles. The number of rotatable bonds is 4. The van der Waals surface area contributed by atoms with E-state index in [9.17, 15) is 4.79 Å². The highest BCUT2D eigenvalue weighted by Crippen LogP contribution is 2.39. The van der Waals surface area contributed by atoms with Gasteiger partial charge in [0, 0.05) is 37.1 Å². The van der Waals surface area contributed by atoms with Crippen LogP contribution in [-0.4, -0.2) is 47.6 Å². The Morgan fingerprint density at radius 2 is 2.42 bits per heavy atom. The van der Waals surface area contributed by atoms with Crippen LogP contribution in [0.3, 0.4) is 0 Å². The molecule has 104 valence electrons. The standard InChI is InChI=1S/C12H18N4O2S/c1-2-18-11(17)9-7-13-5-6-16(9)12-14-10(15-19-12)8-3-4-8/h8-9,13H,2-7H2,1H3. The molecule has 1 aliphatic carbocycles. The Balaban J connectivity index is 1.76. The lowest BCUT2D eigenvalue weighted by atomic mass is 10.2. The molecule has 0 radical (unpaired) electrons.